The molecule has 1 aliphatic heterocycles. The van der Waals surface area contributed by atoms with E-state index in [0.717, 1.165) is 12.8 Å². The van der Waals surface area contributed by atoms with Crippen LogP contribution in [0.2, 0.25) is 0 Å². The van der Waals surface area contributed by atoms with Gasteiger partial charge in [0.1, 0.15) is 24.0 Å². The predicted molar refractivity (Wildman–Crippen MR) is 154 cm³/mol. The molecule has 1 saturated carbocycles. The van der Waals surface area contributed by atoms with Crippen molar-refractivity contribution < 1.29 is 37.4 Å². The molecule has 43 heavy (non-hydrogen) atoms. The number of esters is 1. The van der Waals surface area contributed by atoms with Crippen LogP contribution in [0.4, 0.5) is 16.2 Å². The van der Waals surface area contributed by atoms with E-state index in [-0.39, 0.29) is 30.0 Å². The molecule has 6 atom stereocenters. The van der Waals surface area contributed by atoms with Crippen LogP contribution < -0.4 is 20.2 Å². The first-order valence-electron chi connectivity index (χ1n) is 13.7. The zero-order valence-corrected chi connectivity index (χ0v) is 24.7. The van der Waals surface area contributed by atoms with Gasteiger partial charge in [-0.25, -0.2) is 13.9 Å². The second kappa shape index (κ2) is 12.1. The maximum Gasteiger partial charge on any atom is 0.459 e. The summed E-state index contributed by atoms with van der Waals surface area (Å²) in [4.78, 5) is 27.1. The summed E-state index contributed by atoms with van der Waals surface area (Å²) in [5.74, 6) is 1.86. The molecule has 1 aliphatic carbocycles. The Morgan fingerprint density at radius 3 is 2.77 bits per heavy atom. The Morgan fingerprint density at radius 1 is 1.40 bits per heavy atom. The van der Waals surface area contributed by atoms with Crippen LogP contribution in [0.1, 0.15) is 32.9 Å². The number of ether oxygens (including phenoxy) is 2. The number of imidazole rings is 1. The minimum absolute atomic E-state index is 0.0684. The first-order chi connectivity index (χ1) is 20.5. The van der Waals surface area contributed by atoms with Crippen molar-refractivity contribution in [3.05, 3.63) is 36.7 Å². The van der Waals surface area contributed by atoms with Crippen LogP contribution in [0.3, 0.4) is 0 Å². The number of nitrogens with two attached hydrogens (primary N) is 1. The van der Waals surface area contributed by atoms with Crippen LogP contribution in [0.15, 0.2) is 36.7 Å². The molecule has 14 nitrogen and oxygen atoms in total. The number of benzene rings is 1. The normalized spacial score (nSPS) is 25.5. The average Bonchev–Trinajstić information content (AvgIpc) is 3.71. The van der Waals surface area contributed by atoms with Gasteiger partial charge in [0.05, 0.1) is 19.5 Å². The fourth-order valence-electron chi connectivity index (χ4n) is 4.72. The average molecular weight is 618 g/mol. The number of carbonyl (C=O) groups is 1. The van der Waals surface area contributed by atoms with E-state index in [4.69, 9.17) is 30.7 Å². The van der Waals surface area contributed by atoms with E-state index in [1.807, 2.05) is 17.9 Å². The Hall–Kier alpha value is -3.80. The third-order valence-electron chi connectivity index (χ3n) is 7.14. The Morgan fingerprint density at radius 2 is 2.12 bits per heavy atom. The van der Waals surface area contributed by atoms with E-state index in [2.05, 4.69) is 20.0 Å². The zero-order chi connectivity index (χ0) is 30.9. The number of nitrogens with zero attached hydrogens (tertiary/aromatic N) is 5. The van der Waals surface area contributed by atoms with Gasteiger partial charge in [-0.2, -0.15) is 15.1 Å². The molecule has 0 spiro atoms. The molecule has 3 heterocycles. The molecule has 2 fully saturated rings. The summed E-state index contributed by atoms with van der Waals surface area (Å²) in [7, 11) is -2.47. The molecule has 2 aliphatic rings. The number of carbonyl (C=O) groups excluding carboxylic acids is 1. The summed E-state index contributed by atoms with van der Waals surface area (Å²) in [5.41, 5.74) is 3.70. The number of fused-ring (bicyclic) bond motifs is 1. The molecule has 3 aromatic rings. The van der Waals surface area contributed by atoms with Crippen molar-refractivity contribution in [2.75, 3.05) is 30.9 Å². The Balaban J connectivity index is 1.41. The van der Waals surface area contributed by atoms with Crippen LogP contribution in [0.25, 0.3) is 11.2 Å². The maximum atomic E-state index is 16.3. The molecule has 4 N–H and O–H groups in total. The first-order valence-corrected chi connectivity index (χ1v) is 15.2. The number of hydrogen-bond donors (Lipinski definition) is 3. The molecular formula is C27H33FN7O7P. The summed E-state index contributed by atoms with van der Waals surface area (Å²) in [6.07, 6.45) is 3.86. The van der Waals surface area contributed by atoms with E-state index in [9.17, 15) is 14.5 Å². The summed E-state index contributed by atoms with van der Waals surface area (Å²) >= 11 is 0. The second-order valence-corrected chi connectivity index (χ2v) is 11.9. The maximum absolute atomic E-state index is 16.3. The highest BCUT2D eigenvalue weighted by molar-refractivity contribution is 7.52. The van der Waals surface area contributed by atoms with Crippen LogP contribution in [0, 0.1) is 12.3 Å². The number of aromatic nitrogens is 4. The number of nitrogens with one attached hydrogen (secondary N) is 1. The minimum Gasteiger partial charge on any atom is -0.465 e. The van der Waals surface area contributed by atoms with Gasteiger partial charge in [0.15, 0.2) is 23.2 Å². The molecule has 1 saturated heterocycles. The summed E-state index contributed by atoms with van der Waals surface area (Å²) in [6.45, 7) is 2.50. The number of aliphatic hydroxyl groups is 1. The van der Waals surface area contributed by atoms with Crippen molar-refractivity contribution >= 4 is 36.6 Å². The van der Waals surface area contributed by atoms with Gasteiger partial charge in [-0.3, -0.25) is 13.9 Å². The van der Waals surface area contributed by atoms with E-state index < -0.39 is 50.5 Å². The molecule has 0 radical (unpaired) electrons. The highest BCUT2D eigenvalue weighted by Gasteiger charge is 2.58. The molecule has 5 rings (SSSR count). The lowest BCUT2D eigenvalue weighted by Crippen LogP contribution is -2.42. The van der Waals surface area contributed by atoms with Gasteiger partial charge in [0, 0.05) is 13.1 Å². The second-order valence-electron chi connectivity index (χ2n) is 10.3. The highest BCUT2D eigenvalue weighted by atomic mass is 31.2. The van der Waals surface area contributed by atoms with E-state index in [1.165, 1.54) is 30.0 Å². The molecule has 0 bridgehead atoms. The largest absolute Gasteiger partial charge is 0.465 e. The molecule has 2 aromatic heterocycles. The Bertz CT molecular complexity index is 1570. The van der Waals surface area contributed by atoms with E-state index >= 15 is 4.39 Å². The highest BCUT2D eigenvalue weighted by Crippen LogP contribution is 2.48. The number of aliphatic hydroxyl groups excluding tert-OH is 1. The summed E-state index contributed by atoms with van der Waals surface area (Å²) < 4.78 is 53.4. The fourth-order valence-corrected chi connectivity index (χ4v) is 6.22. The molecule has 0 amide bonds. The summed E-state index contributed by atoms with van der Waals surface area (Å²) in [6, 6.07) is 7.24. The number of anilines is 2. The third kappa shape index (κ3) is 6.15. The summed E-state index contributed by atoms with van der Waals surface area (Å²) in [5, 5.41) is 13.5. The van der Waals surface area contributed by atoms with E-state index in [0.29, 0.717) is 11.3 Å². The number of rotatable bonds is 12. The van der Waals surface area contributed by atoms with Crippen LogP contribution in [0.5, 0.6) is 5.75 Å². The molecule has 230 valence electrons. The number of hydrogen-bond acceptors (Lipinski definition) is 12. The lowest BCUT2D eigenvalue weighted by molar-refractivity contribution is -0.144. The monoisotopic (exact) mass is 617 g/mol. The van der Waals surface area contributed by atoms with Gasteiger partial charge in [0.25, 0.3) is 0 Å². The van der Waals surface area contributed by atoms with Crippen molar-refractivity contribution in [1.82, 2.24) is 24.6 Å². The van der Waals surface area contributed by atoms with Crippen molar-refractivity contribution in [1.29, 1.82) is 0 Å². The number of nitrogen functional groups attached to an aromatic ring is 1. The molecule has 0 unspecified atom stereocenters. The topological polar surface area (TPSA) is 176 Å². The van der Waals surface area contributed by atoms with Gasteiger partial charge < -0.3 is 29.7 Å². The van der Waals surface area contributed by atoms with Crippen molar-refractivity contribution in [3.8, 4) is 18.1 Å². The smallest absolute Gasteiger partial charge is 0.459 e. The Labute approximate surface area is 247 Å². The molecule has 1 aromatic carbocycles. The number of terminal acetylenes is 1. The van der Waals surface area contributed by atoms with Crippen LogP contribution in [-0.4, -0.2) is 80.8 Å². The zero-order valence-electron chi connectivity index (χ0n) is 23.8. The van der Waals surface area contributed by atoms with Crippen molar-refractivity contribution in [3.63, 3.8) is 0 Å². The van der Waals surface area contributed by atoms with Gasteiger partial charge in [-0.1, -0.05) is 24.1 Å². The third-order valence-corrected chi connectivity index (χ3v) is 8.78. The van der Waals surface area contributed by atoms with E-state index in [1.54, 1.807) is 25.1 Å². The van der Waals surface area contributed by atoms with Gasteiger partial charge in [-0.05, 0) is 38.8 Å². The molecular weight excluding hydrogens is 584 g/mol. The predicted octanol–water partition coefficient (Wildman–Crippen LogP) is 2.35. The Kier molecular flexibility index (Phi) is 8.60. The van der Waals surface area contributed by atoms with Crippen molar-refractivity contribution in [2.45, 2.75) is 62.9 Å². The first kappa shape index (κ1) is 30.7. The minimum atomic E-state index is -4.33. The number of alkyl halides is 1. The van der Waals surface area contributed by atoms with Gasteiger partial charge in [0.2, 0.25) is 11.6 Å². The van der Waals surface area contributed by atoms with Gasteiger partial charge in [-0.15, -0.1) is 6.42 Å². The lowest BCUT2D eigenvalue weighted by Gasteiger charge is -2.25. The van der Waals surface area contributed by atoms with Crippen LogP contribution >= 0.6 is 7.75 Å². The lowest BCUT2D eigenvalue weighted by atomic mass is 9.97. The number of halogens is 1. The quantitative estimate of drug-likeness (QED) is 0.154. The SMILES string of the molecule is C#C[C@@]1(F)[C@H](O)[C@@H](CO[P@@](=O)(N[C@@H](C)C(=O)OCC)Oc2ccccc2)O[C@H]1n1cnc2c(N(C)C3CC3)nc(N)nc21. The number of para-hydroxylation sites is 1. The van der Waals surface area contributed by atoms with Crippen molar-refractivity contribution in [2.24, 2.45) is 0 Å². The van der Waals surface area contributed by atoms with Gasteiger partial charge >= 0.3 is 13.7 Å². The standard InChI is InChI=1S/C27H33FN7O7P/c1-5-27(28)21(36)19(14-40-43(38,33-16(3)24(37)39-6-2)42-18-10-8-7-9-11-18)41-25(27)35-15-30-20-22(34(4)17-12-13-17)31-26(29)32-23(20)35/h1,7-11,15-17,19,21,25,36H,6,12-14H2,2-4H3,(H,33,38)(H2,29,31,32)/t16-,19+,21+,25+,27+,43-/m0/s1. The fraction of sp³-hybridized carbons (Fsp3) is 0.481. The molecule has 16 heteroatoms. The van der Waals surface area contributed by atoms with Crippen LogP contribution in [-0.2, 0) is 23.4 Å².